The molecule has 2 rings (SSSR count). The van der Waals surface area contributed by atoms with Crippen LogP contribution < -0.4 is 14.4 Å². The van der Waals surface area contributed by atoms with Crippen molar-refractivity contribution < 1.29 is 22.7 Å². The van der Waals surface area contributed by atoms with Crippen molar-refractivity contribution in [3.63, 3.8) is 0 Å². The Balaban J connectivity index is 2.50. The van der Waals surface area contributed by atoms with Gasteiger partial charge in [0.1, 0.15) is 18.3 Å². The Kier molecular flexibility index (Phi) is 9.31. The summed E-state index contributed by atoms with van der Waals surface area (Å²) >= 11 is 0. The molecule has 0 heterocycles. The van der Waals surface area contributed by atoms with Gasteiger partial charge in [-0.3, -0.25) is 13.9 Å². The number of hydrogen-bond donors (Lipinski definition) is 1. The van der Waals surface area contributed by atoms with E-state index in [2.05, 4.69) is 5.32 Å². The number of ether oxygens (including phenoxy) is 1. The summed E-state index contributed by atoms with van der Waals surface area (Å²) in [5.74, 6) is -0.442. The fraction of sp³-hybridized carbons (Fsp3) is 0.462. The molecule has 8 nitrogen and oxygen atoms in total. The summed E-state index contributed by atoms with van der Waals surface area (Å²) in [5.41, 5.74) is 1.44. The average molecular weight is 504 g/mol. The second-order valence-corrected chi connectivity index (χ2v) is 11.5. The van der Waals surface area contributed by atoms with Crippen LogP contribution in [-0.2, 0) is 26.2 Å². The van der Waals surface area contributed by atoms with Crippen molar-refractivity contribution in [1.29, 1.82) is 0 Å². The smallest absolute Gasteiger partial charge is 0.244 e. The first-order valence-corrected chi connectivity index (χ1v) is 13.4. The Hall–Kier alpha value is -3.07. The largest absolute Gasteiger partial charge is 0.495 e. The molecule has 0 saturated carbocycles. The number of carbonyl (C=O) groups is 2. The highest BCUT2D eigenvalue weighted by molar-refractivity contribution is 7.92. The second-order valence-electron chi connectivity index (χ2n) is 9.62. The van der Waals surface area contributed by atoms with E-state index in [1.54, 1.807) is 18.2 Å². The Morgan fingerprint density at radius 2 is 1.71 bits per heavy atom. The maximum Gasteiger partial charge on any atom is 0.244 e. The minimum absolute atomic E-state index is 0.165. The molecule has 0 bridgehead atoms. The molecular formula is C26H37N3O5S. The third kappa shape index (κ3) is 7.99. The molecule has 2 amide bonds. The molecule has 0 radical (unpaired) electrons. The molecule has 0 aliphatic carbocycles. The Labute approximate surface area is 209 Å². The number of nitrogens with zero attached hydrogens (tertiary/aromatic N) is 2. The number of aryl methyl sites for hydroxylation is 1. The number of rotatable bonds is 10. The lowest BCUT2D eigenvalue weighted by Gasteiger charge is -2.34. The normalized spacial score (nSPS) is 12.5. The Morgan fingerprint density at radius 3 is 2.23 bits per heavy atom. The molecule has 1 N–H and O–H groups in total. The molecular weight excluding hydrogens is 466 g/mol. The van der Waals surface area contributed by atoms with Crippen LogP contribution >= 0.6 is 0 Å². The van der Waals surface area contributed by atoms with Gasteiger partial charge in [-0.25, -0.2) is 8.42 Å². The van der Waals surface area contributed by atoms with E-state index in [-0.39, 0.29) is 18.1 Å². The molecule has 0 aliphatic rings. The summed E-state index contributed by atoms with van der Waals surface area (Å²) in [7, 11) is -2.40. The van der Waals surface area contributed by atoms with Crippen molar-refractivity contribution in [2.24, 2.45) is 0 Å². The zero-order valence-corrected chi connectivity index (χ0v) is 22.5. The molecule has 0 fully saturated rings. The van der Waals surface area contributed by atoms with Crippen molar-refractivity contribution in [2.45, 2.75) is 59.2 Å². The first-order chi connectivity index (χ1) is 16.3. The van der Waals surface area contributed by atoms with E-state index in [9.17, 15) is 18.0 Å². The van der Waals surface area contributed by atoms with Crippen LogP contribution in [0.15, 0.2) is 48.5 Å². The molecule has 9 heteroatoms. The van der Waals surface area contributed by atoms with Crippen LogP contribution in [0.1, 0.15) is 45.2 Å². The van der Waals surface area contributed by atoms with Crippen LogP contribution in [-0.4, -0.2) is 56.6 Å². The fourth-order valence-corrected chi connectivity index (χ4v) is 4.59. The molecule has 0 spiro atoms. The van der Waals surface area contributed by atoms with Gasteiger partial charge < -0.3 is 15.0 Å². The van der Waals surface area contributed by atoms with Crippen LogP contribution in [0, 0.1) is 6.92 Å². The number of benzene rings is 2. The quantitative estimate of drug-likeness (QED) is 0.535. The highest BCUT2D eigenvalue weighted by Crippen LogP contribution is 2.31. The van der Waals surface area contributed by atoms with Crippen molar-refractivity contribution in [3.05, 3.63) is 59.7 Å². The zero-order chi connectivity index (χ0) is 26.4. The van der Waals surface area contributed by atoms with Gasteiger partial charge in [0.2, 0.25) is 21.8 Å². The number of amides is 2. The molecule has 35 heavy (non-hydrogen) atoms. The van der Waals surface area contributed by atoms with Gasteiger partial charge in [-0.05, 0) is 57.4 Å². The van der Waals surface area contributed by atoms with E-state index in [0.29, 0.717) is 12.2 Å². The molecule has 0 aromatic heterocycles. The monoisotopic (exact) mass is 503 g/mol. The van der Waals surface area contributed by atoms with E-state index >= 15 is 0 Å². The number of carbonyl (C=O) groups excluding carboxylic acids is 2. The van der Waals surface area contributed by atoms with Gasteiger partial charge in [-0.2, -0.15) is 0 Å². The SMILES string of the molecule is CCC(C(=O)NC(C)(C)C)N(Cc1ccccc1)C(=O)CN(c1cc(C)ccc1OC)S(C)(=O)=O. The van der Waals surface area contributed by atoms with Crippen LogP contribution in [0.5, 0.6) is 5.75 Å². The van der Waals surface area contributed by atoms with Gasteiger partial charge >= 0.3 is 0 Å². The lowest BCUT2D eigenvalue weighted by molar-refractivity contribution is -0.141. The summed E-state index contributed by atoms with van der Waals surface area (Å²) in [6, 6.07) is 13.7. The lowest BCUT2D eigenvalue weighted by atomic mass is 10.1. The summed E-state index contributed by atoms with van der Waals surface area (Å²) in [4.78, 5) is 28.4. The van der Waals surface area contributed by atoms with Crippen molar-refractivity contribution in [2.75, 3.05) is 24.2 Å². The predicted octanol–water partition coefficient (Wildman–Crippen LogP) is 3.49. The maximum absolute atomic E-state index is 13.7. The van der Waals surface area contributed by atoms with Gasteiger partial charge in [0.15, 0.2) is 0 Å². The minimum atomic E-state index is -3.84. The topological polar surface area (TPSA) is 96.0 Å². The highest BCUT2D eigenvalue weighted by atomic mass is 32.2. The molecule has 192 valence electrons. The Morgan fingerprint density at radius 1 is 1.09 bits per heavy atom. The number of anilines is 1. The second kappa shape index (κ2) is 11.6. The van der Waals surface area contributed by atoms with E-state index in [4.69, 9.17) is 4.74 Å². The molecule has 2 aromatic rings. The molecule has 1 atom stereocenters. The molecule has 0 saturated heterocycles. The van der Waals surface area contributed by atoms with Crippen LogP contribution in [0.4, 0.5) is 5.69 Å². The third-order valence-electron chi connectivity index (χ3n) is 5.36. The average Bonchev–Trinajstić information content (AvgIpc) is 2.75. The summed E-state index contributed by atoms with van der Waals surface area (Å²) < 4.78 is 32.0. The number of hydrogen-bond acceptors (Lipinski definition) is 5. The van der Waals surface area contributed by atoms with E-state index in [1.165, 1.54) is 12.0 Å². The lowest BCUT2D eigenvalue weighted by Crippen LogP contribution is -2.55. The van der Waals surface area contributed by atoms with Crippen LogP contribution in [0.2, 0.25) is 0 Å². The van der Waals surface area contributed by atoms with Gasteiger partial charge in [-0.1, -0.05) is 43.3 Å². The van der Waals surface area contributed by atoms with Crippen LogP contribution in [0.25, 0.3) is 0 Å². The Bertz CT molecular complexity index is 1130. The summed E-state index contributed by atoms with van der Waals surface area (Å²) in [5, 5.41) is 2.95. The van der Waals surface area contributed by atoms with Crippen molar-refractivity contribution in [3.8, 4) is 5.75 Å². The zero-order valence-electron chi connectivity index (χ0n) is 21.7. The summed E-state index contributed by atoms with van der Waals surface area (Å²) in [6.45, 7) is 8.97. The number of sulfonamides is 1. The standard InChI is InChI=1S/C26H37N3O5S/c1-8-21(25(31)27-26(3,4)5)28(17-20-12-10-9-11-13-20)24(30)18-29(35(7,32)33)22-16-19(2)14-15-23(22)34-6/h9-16,21H,8,17-18H2,1-7H3,(H,27,31). The third-order valence-corrected chi connectivity index (χ3v) is 6.49. The van der Waals surface area contributed by atoms with Gasteiger partial charge in [0, 0.05) is 12.1 Å². The number of nitrogens with one attached hydrogen (secondary N) is 1. The minimum Gasteiger partial charge on any atom is -0.495 e. The van der Waals surface area contributed by atoms with E-state index in [1.807, 2.05) is 65.0 Å². The van der Waals surface area contributed by atoms with E-state index < -0.39 is 34.1 Å². The number of methoxy groups -OCH3 is 1. The first kappa shape index (κ1) is 28.2. The molecule has 1 unspecified atom stereocenters. The fourth-order valence-electron chi connectivity index (χ4n) is 3.74. The highest BCUT2D eigenvalue weighted by Gasteiger charge is 2.33. The van der Waals surface area contributed by atoms with Gasteiger partial charge in [0.25, 0.3) is 0 Å². The van der Waals surface area contributed by atoms with Crippen molar-refractivity contribution >= 4 is 27.5 Å². The van der Waals surface area contributed by atoms with Crippen molar-refractivity contribution in [1.82, 2.24) is 10.2 Å². The maximum atomic E-state index is 13.7. The van der Waals surface area contributed by atoms with Gasteiger partial charge in [-0.15, -0.1) is 0 Å². The first-order valence-electron chi connectivity index (χ1n) is 11.5. The van der Waals surface area contributed by atoms with Crippen LogP contribution in [0.3, 0.4) is 0 Å². The molecule has 0 aliphatic heterocycles. The van der Waals surface area contributed by atoms with Gasteiger partial charge in [0.05, 0.1) is 19.1 Å². The molecule has 2 aromatic carbocycles. The summed E-state index contributed by atoms with van der Waals surface area (Å²) in [6.07, 6.45) is 1.42. The van der Waals surface area contributed by atoms with E-state index in [0.717, 1.165) is 21.7 Å². The predicted molar refractivity (Wildman–Crippen MR) is 139 cm³/mol.